The summed E-state index contributed by atoms with van der Waals surface area (Å²) in [5.41, 5.74) is 1.82. The number of aliphatic hydroxyl groups excluding tert-OH is 1. The van der Waals surface area contributed by atoms with Crippen molar-refractivity contribution in [2.45, 2.75) is 25.5 Å². The molecule has 7 heteroatoms. The number of non-ortho nitro benzene ring substituents is 1. The minimum Gasteiger partial charge on any atom is -0.393 e. The van der Waals surface area contributed by atoms with E-state index in [4.69, 9.17) is 0 Å². The van der Waals surface area contributed by atoms with E-state index in [2.05, 4.69) is 15.2 Å². The molecule has 126 valence electrons. The molecule has 0 amide bonds. The third kappa shape index (κ3) is 3.80. The van der Waals surface area contributed by atoms with Crippen LogP contribution in [0.25, 0.3) is 0 Å². The SMILES string of the molecule is O=[N+]([O-])c1cccc(CNc2cccnc2N2CCC(O)CC2)c1. The van der Waals surface area contributed by atoms with E-state index in [0.717, 1.165) is 43.0 Å². The van der Waals surface area contributed by atoms with Crippen LogP contribution in [0.1, 0.15) is 18.4 Å². The van der Waals surface area contributed by atoms with E-state index in [1.54, 1.807) is 18.3 Å². The van der Waals surface area contributed by atoms with Gasteiger partial charge in [0.25, 0.3) is 5.69 Å². The Balaban J connectivity index is 1.71. The maximum Gasteiger partial charge on any atom is 0.269 e. The van der Waals surface area contributed by atoms with Crippen LogP contribution >= 0.6 is 0 Å². The van der Waals surface area contributed by atoms with Crippen LogP contribution in [0, 0.1) is 10.1 Å². The topological polar surface area (TPSA) is 91.5 Å². The van der Waals surface area contributed by atoms with Gasteiger partial charge >= 0.3 is 0 Å². The van der Waals surface area contributed by atoms with Crippen molar-refractivity contribution in [1.29, 1.82) is 0 Å². The van der Waals surface area contributed by atoms with Gasteiger partial charge < -0.3 is 15.3 Å². The molecule has 1 fully saturated rings. The van der Waals surface area contributed by atoms with Gasteiger partial charge in [0.05, 0.1) is 16.7 Å². The minimum absolute atomic E-state index is 0.0886. The smallest absolute Gasteiger partial charge is 0.269 e. The number of piperidine rings is 1. The van der Waals surface area contributed by atoms with Crippen LogP contribution < -0.4 is 10.2 Å². The molecule has 2 heterocycles. The molecule has 1 aliphatic rings. The molecule has 0 aliphatic carbocycles. The molecule has 0 bridgehead atoms. The lowest BCUT2D eigenvalue weighted by Gasteiger charge is -2.31. The van der Waals surface area contributed by atoms with Crippen molar-refractivity contribution in [1.82, 2.24) is 4.98 Å². The number of hydrogen-bond acceptors (Lipinski definition) is 6. The summed E-state index contributed by atoms with van der Waals surface area (Å²) in [6.07, 6.45) is 2.99. The second-order valence-electron chi connectivity index (χ2n) is 5.87. The maximum atomic E-state index is 10.9. The van der Waals surface area contributed by atoms with Crippen molar-refractivity contribution >= 4 is 17.2 Å². The van der Waals surface area contributed by atoms with Crippen molar-refractivity contribution in [3.63, 3.8) is 0 Å². The molecule has 2 aromatic rings. The second-order valence-corrected chi connectivity index (χ2v) is 5.87. The Kier molecular flexibility index (Phi) is 4.90. The lowest BCUT2D eigenvalue weighted by molar-refractivity contribution is -0.384. The van der Waals surface area contributed by atoms with Gasteiger partial charge in [0, 0.05) is 38.0 Å². The molecule has 2 N–H and O–H groups in total. The largest absolute Gasteiger partial charge is 0.393 e. The number of nitrogens with zero attached hydrogens (tertiary/aromatic N) is 3. The van der Waals surface area contributed by atoms with E-state index in [1.807, 2.05) is 18.2 Å². The maximum absolute atomic E-state index is 10.9. The highest BCUT2D eigenvalue weighted by Gasteiger charge is 2.20. The summed E-state index contributed by atoms with van der Waals surface area (Å²) in [5, 5.41) is 23.8. The quantitative estimate of drug-likeness (QED) is 0.647. The monoisotopic (exact) mass is 328 g/mol. The number of nitro groups is 1. The molecule has 0 saturated carbocycles. The van der Waals surface area contributed by atoms with Crippen LogP contribution in [0.2, 0.25) is 0 Å². The molecular formula is C17H20N4O3. The highest BCUT2D eigenvalue weighted by atomic mass is 16.6. The highest BCUT2D eigenvalue weighted by Crippen LogP contribution is 2.26. The Bertz CT molecular complexity index is 714. The van der Waals surface area contributed by atoms with Gasteiger partial charge in [0.2, 0.25) is 0 Å². The number of nitro benzene ring substituents is 1. The number of aliphatic hydroxyl groups is 1. The Morgan fingerprint density at radius 2 is 2.08 bits per heavy atom. The van der Waals surface area contributed by atoms with Crippen LogP contribution in [0.4, 0.5) is 17.2 Å². The van der Waals surface area contributed by atoms with E-state index in [-0.39, 0.29) is 11.8 Å². The fourth-order valence-electron chi connectivity index (χ4n) is 2.84. The van der Waals surface area contributed by atoms with Crippen LogP contribution in [-0.4, -0.2) is 34.2 Å². The number of aromatic nitrogens is 1. The summed E-state index contributed by atoms with van der Waals surface area (Å²) >= 11 is 0. The molecule has 1 aromatic heterocycles. The third-order valence-corrected chi connectivity index (χ3v) is 4.16. The van der Waals surface area contributed by atoms with Crippen LogP contribution in [-0.2, 0) is 6.54 Å². The minimum atomic E-state index is -0.391. The summed E-state index contributed by atoms with van der Waals surface area (Å²) in [4.78, 5) is 17.1. The number of nitrogens with one attached hydrogen (secondary N) is 1. The van der Waals surface area contributed by atoms with Crippen LogP contribution in [0.3, 0.4) is 0 Å². The lowest BCUT2D eigenvalue weighted by atomic mass is 10.1. The van der Waals surface area contributed by atoms with E-state index in [1.165, 1.54) is 6.07 Å². The standard InChI is InChI=1S/C17H20N4O3/c22-15-6-9-20(10-7-15)17-16(5-2-8-18-17)19-12-13-3-1-4-14(11-13)21(23)24/h1-5,8,11,15,19,22H,6-7,9-10,12H2. The normalized spacial score (nSPS) is 15.3. The molecule has 1 aromatic carbocycles. The van der Waals surface area contributed by atoms with Gasteiger partial charge in [-0.25, -0.2) is 4.98 Å². The summed E-state index contributed by atoms with van der Waals surface area (Å²) in [5.74, 6) is 0.856. The molecule has 1 saturated heterocycles. The van der Waals surface area contributed by atoms with Crippen molar-refractivity contribution in [2.24, 2.45) is 0 Å². The van der Waals surface area contributed by atoms with Gasteiger partial charge in [-0.2, -0.15) is 0 Å². The summed E-state index contributed by atoms with van der Waals surface area (Å²) in [6, 6.07) is 10.4. The molecule has 0 atom stereocenters. The first kappa shape index (κ1) is 16.2. The Hall–Kier alpha value is -2.67. The van der Waals surface area contributed by atoms with Crippen molar-refractivity contribution in [3.8, 4) is 0 Å². The molecule has 24 heavy (non-hydrogen) atoms. The molecule has 0 spiro atoms. The number of benzene rings is 1. The number of rotatable bonds is 5. The summed E-state index contributed by atoms with van der Waals surface area (Å²) < 4.78 is 0. The predicted molar refractivity (Wildman–Crippen MR) is 92.1 cm³/mol. The Morgan fingerprint density at radius 1 is 1.29 bits per heavy atom. The van der Waals surface area contributed by atoms with Gasteiger partial charge in [-0.15, -0.1) is 0 Å². The van der Waals surface area contributed by atoms with E-state index >= 15 is 0 Å². The summed E-state index contributed by atoms with van der Waals surface area (Å²) in [6.45, 7) is 2.02. The Morgan fingerprint density at radius 3 is 2.83 bits per heavy atom. The fourth-order valence-corrected chi connectivity index (χ4v) is 2.84. The van der Waals surface area contributed by atoms with E-state index in [9.17, 15) is 15.2 Å². The zero-order valence-corrected chi connectivity index (χ0v) is 13.3. The lowest BCUT2D eigenvalue weighted by Crippen LogP contribution is -2.36. The first-order valence-corrected chi connectivity index (χ1v) is 7.99. The van der Waals surface area contributed by atoms with Gasteiger partial charge in [-0.3, -0.25) is 10.1 Å². The third-order valence-electron chi connectivity index (χ3n) is 4.16. The van der Waals surface area contributed by atoms with E-state index < -0.39 is 4.92 Å². The molecule has 1 aliphatic heterocycles. The zero-order chi connectivity index (χ0) is 16.9. The second kappa shape index (κ2) is 7.27. The van der Waals surface area contributed by atoms with Crippen molar-refractivity contribution < 1.29 is 10.0 Å². The van der Waals surface area contributed by atoms with Gasteiger partial charge in [0.1, 0.15) is 0 Å². The van der Waals surface area contributed by atoms with Crippen molar-refractivity contribution in [2.75, 3.05) is 23.3 Å². The average Bonchev–Trinajstić information content (AvgIpc) is 2.61. The van der Waals surface area contributed by atoms with Gasteiger partial charge in [-0.05, 0) is 30.5 Å². The van der Waals surface area contributed by atoms with E-state index in [0.29, 0.717) is 6.54 Å². The molecule has 7 nitrogen and oxygen atoms in total. The average molecular weight is 328 g/mol. The van der Waals surface area contributed by atoms with Gasteiger partial charge in [-0.1, -0.05) is 12.1 Å². The van der Waals surface area contributed by atoms with Crippen LogP contribution in [0.15, 0.2) is 42.6 Å². The number of anilines is 2. The van der Waals surface area contributed by atoms with Crippen LogP contribution in [0.5, 0.6) is 0 Å². The Labute approximate surface area is 140 Å². The van der Waals surface area contributed by atoms with Gasteiger partial charge in [0.15, 0.2) is 5.82 Å². The molecular weight excluding hydrogens is 308 g/mol. The zero-order valence-electron chi connectivity index (χ0n) is 13.3. The highest BCUT2D eigenvalue weighted by molar-refractivity contribution is 5.65. The molecule has 0 radical (unpaired) electrons. The summed E-state index contributed by atoms with van der Waals surface area (Å²) in [7, 11) is 0. The molecule has 0 unspecified atom stereocenters. The fraction of sp³-hybridized carbons (Fsp3) is 0.353. The predicted octanol–water partition coefficient (Wildman–Crippen LogP) is 2.56. The molecule has 3 rings (SSSR count). The number of pyridine rings is 1. The first-order chi connectivity index (χ1) is 11.6. The number of hydrogen-bond donors (Lipinski definition) is 2. The first-order valence-electron chi connectivity index (χ1n) is 7.99. The van der Waals surface area contributed by atoms with Crippen molar-refractivity contribution in [3.05, 3.63) is 58.3 Å².